The molecule has 2 unspecified atom stereocenters. The molecule has 0 saturated heterocycles. The van der Waals surface area contributed by atoms with Crippen molar-refractivity contribution >= 4 is 134 Å². The number of nitrogens with one attached hydrogen (secondary N) is 19. The lowest BCUT2D eigenvalue weighted by atomic mass is 9.96. The maximum absolute atomic E-state index is 15.2. The zero-order valence-corrected chi connectivity index (χ0v) is 76.6. The molecule has 3 aromatic carbocycles. The molecule has 0 saturated carbocycles. The van der Waals surface area contributed by atoms with E-state index < -0.39 is 204 Å². The number of aromatic amines is 2. The minimum absolute atomic E-state index is 0.00691. The predicted molar refractivity (Wildman–Crippen MR) is 502 cm³/mol. The second-order valence-electron chi connectivity index (χ2n) is 32.6. The van der Waals surface area contributed by atoms with E-state index in [-0.39, 0.29) is 116 Å². The highest BCUT2D eigenvalue weighted by Gasteiger charge is 2.40. The topological polar surface area (TPSA) is 744 Å². The van der Waals surface area contributed by atoms with Crippen LogP contribution in [0.3, 0.4) is 0 Å². The maximum atomic E-state index is 15.2. The summed E-state index contributed by atoms with van der Waals surface area (Å²) >= 11 is 1.29. The van der Waals surface area contributed by atoms with Crippen LogP contribution < -0.4 is 126 Å². The summed E-state index contributed by atoms with van der Waals surface area (Å²) in [5, 5.41) is 67.6. The number of unbranched alkanes of at least 4 members (excludes halogenated alkanes) is 4. The minimum atomic E-state index is -1.98. The second-order valence-corrected chi connectivity index (χ2v) is 33.6. The number of carbonyl (C=O) groups is 15. The van der Waals surface area contributed by atoms with E-state index in [4.69, 9.17) is 56.7 Å². The van der Waals surface area contributed by atoms with Crippen molar-refractivity contribution in [3.8, 4) is 0 Å². The third kappa shape index (κ3) is 38.9. The second kappa shape index (κ2) is 59.7. The molecule has 0 fully saturated rings. The monoisotopic (exact) mass is 1860 g/mol. The molecule has 36 N–H and O–H groups in total. The number of para-hydroxylation sites is 2. The smallest absolute Gasteiger partial charge is 0.326 e. The Balaban J connectivity index is 1.48. The molecule has 43 nitrogen and oxygen atoms in total. The number of carboxylic acids is 1. The molecule has 14 atom stereocenters. The van der Waals surface area contributed by atoms with E-state index in [0.717, 1.165) is 0 Å². The number of aliphatic carboxylic acids is 1. The van der Waals surface area contributed by atoms with Crippen LogP contribution in [0.2, 0.25) is 0 Å². The first-order valence-corrected chi connectivity index (χ1v) is 46.3. The number of H-pyrrole nitrogens is 2. The molecule has 5 aromatic rings. The number of carboxylic acid groups (broad SMARTS) is 1. The van der Waals surface area contributed by atoms with Crippen molar-refractivity contribution in [1.82, 2.24) is 89.7 Å². The molecule has 2 heterocycles. The number of amides is 14. The molecule has 5 rings (SSSR count). The highest BCUT2D eigenvalue weighted by atomic mass is 32.2. The van der Waals surface area contributed by atoms with Crippen molar-refractivity contribution in [3.63, 3.8) is 0 Å². The summed E-state index contributed by atoms with van der Waals surface area (Å²) in [5.74, 6) is -15.5. The van der Waals surface area contributed by atoms with E-state index in [0.29, 0.717) is 103 Å². The first-order chi connectivity index (χ1) is 63.2. The number of hydrogen-bond donors (Lipinski definition) is 28. The number of benzene rings is 3. The highest BCUT2D eigenvalue weighted by Crippen LogP contribution is 2.23. The molecule has 0 aliphatic heterocycles. The molecular formula is C88H139N27O16S. The SMILES string of the molecule is CCC(C)[C@H](NC(=O)[C@H](CCCCN)NC)C(=O)N[C@@H](Cc1c[nH]c2ccccc12)C(=O)N[C@@H](Cc1ccccc1)C(=O)N[C@@H](CCC(N)=O)C(=O)NC(CC(N)=O)C(=O)N[C@@H](CCCNC(=N)N)C(=O)N[C@@H](CCCNC(=N)N)C(=O)N[C@@H](CCSC)C(=O)N[C@@H](CCCCN)C(=O)N[C@@H](Cc1c[nH]c2ccccc12)C(=O)N[C@@H](CCCCN)C(=O)N[C@@H](CCCCN)C(=O)O. The molecule has 0 spiro atoms. The minimum Gasteiger partial charge on any atom is -0.480 e. The van der Waals surface area contributed by atoms with Gasteiger partial charge in [-0.25, -0.2) is 4.79 Å². The largest absolute Gasteiger partial charge is 0.480 e. The average molecular weight is 1860 g/mol. The first-order valence-electron chi connectivity index (χ1n) is 44.9. The van der Waals surface area contributed by atoms with Crippen LogP contribution in [0.1, 0.15) is 165 Å². The summed E-state index contributed by atoms with van der Waals surface area (Å²) in [6, 6.07) is 3.78. The molecule has 132 heavy (non-hydrogen) atoms. The first kappa shape index (κ1) is 110. The fraction of sp³-hybridized carbons (Fsp3) is 0.557. The number of hydrogen-bond acceptors (Lipinski definition) is 23. The van der Waals surface area contributed by atoms with Gasteiger partial charge in [-0.2, -0.15) is 11.8 Å². The highest BCUT2D eigenvalue weighted by molar-refractivity contribution is 7.98. The lowest BCUT2D eigenvalue weighted by Gasteiger charge is -2.29. The van der Waals surface area contributed by atoms with Crippen LogP contribution in [0.25, 0.3) is 21.8 Å². The van der Waals surface area contributed by atoms with Gasteiger partial charge in [0.15, 0.2) is 11.9 Å². The van der Waals surface area contributed by atoms with E-state index in [1.54, 1.807) is 99.4 Å². The van der Waals surface area contributed by atoms with Crippen molar-refractivity contribution in [1.29, 1.82) is 10.8 Å². The van der Waals surface area contributed by atoms with Crippen LogP contribution in [-0.4, -0.2) is 253 Å². The Kier molecular flexibility index (Phi) is 49.8. The molecule has 2 aromatic heterocycles. The number of aromatic nitrogens is 2. The third-order valence-corrected chi connectivity index (χ3v) is 23.0. The fourth-order valence-electron chi connectivity index (χ4n) is 14.7. The summed E-state index contributed by atoms with van der Waals surface area (Å²) in [6.07, 6.45) is 6.09. The number of carbonyl (C=O) groups excluding carboxylic acids is 14. The number of likely N-dealkylation sites (N-methyl/N-ethyl adjacent to an activating group) is 1. The quantitative estimate of drug-likeness (QED) is 0.0106. The van der Waals surface area contributed by atoms with E-state index in [1.807, 2.05) is 19.1 Å². The zero-order valence-electron chi connectivity index (χ0n) is 75.8. The Labute approximate surface area is 772 Å². The maximum Gasteiger partial charge on any atom is 0.326 e. The lowest BCUT2D eigenvalue weighted by Crippen LogP contribution is -2.61. The fourth-order valence-corrected chi connectivity index (χ4v) is 15.2. The number of fused-ring (bicyclic) bond motifs is 2. The van der Waals surface area contributed by atoms with Gasteiger partial charge in [-0.05, 0) is 189 Å². The van der Waals surface area contributed by atoms with Crippen molar-refractivity contribution in [2.75, 3.05) is 58.3 Å². The Morgan fingerprint density at radius 2 is 0.705 bits per heavy atom. The Hall–Kier alpha value is -12.5. The standard InChI is InChI=1S/C88H139N27O16S/c1-5-51(2)73(115-74(118)59(99-3)29-13-17-38-89)85(129)114-69(47-54-50-103-58-28-12-10-26-56(54)58)83(127)111-67(45-52-23-7-6-8-24-52)81(125)108-64(35-36-71(93)116)79(123)113-70(48-72(94)117)84(128)107-63(34-22-43-101-88(97)98)75(119)105-62(33-21-42-100-87(95)96)76(120)109-65(37-44-132-4)80(124)104-61(31-15-19-40-91)78(122)112-68(46-53-49-102-57-27-11-9-25-55(53)57)82(126)106-60(30-14-18-39-90)77(121)110-66(86(130)131)32-16-20-41-92/h6-12,23-28,49-51,59-70,73,99,102-103H,5,13-22,29-48,89-92H2,1-4H3,(H2,93,116)(H2,94,117)(H,104,124)(H,105,119)(H,106,126)(H,107,128)(H,108,125)(H,109,120)(H,110,121)(H,111,127)(H,112,122)(H,113,123)(H,114,129)(H,115,118)(H,130,131)(H4,95,96,100)(H4,97,98,101)/t51?,59-,60-,61-,62-,63-,64-,65-,66-,67-,68-,69-,70?,73-/m0/s1. The van der Waals surface area contributed by atoms with E-state index in [1.165, 1.54) is 11.8 Å². The number of rotatable bonds is 66. The van der Waals surface area contributed by atoms with Crippen LogP contribution in [-0.2, 0) is 91.2 Å². The average Bonchev–Trinajstić information content (AvgIpc) is 1.68. The van der Waals surface area contributed by atoms with Gasteiger partial charge in [0.2, 0.25) is 82.7 Å². The molecular weight excluding hydrogens is 1720 g/mol. The molecule has 728 valence electrons. The number of guanidine groups is 2. The summed E-state index contributed by atoms with van der Waals surface area (Å²) in [7, 11) is 1.62. The lowest BCUT2D eigenvalue weighted by molar-refractivity contribution is -0.142. The molecule has 14 amide bonds. The Bertz CT molecular complexity index is 4600. The summed E-state index contributed by atoms with van der Waals surface area (Å²) in [4.78, 5) is 222. The number of thioether (sulfide) groups is 1. The van der Waals surface area contributed by atoms with Crippen LogP contribution in [0, 0.1) is 16.7 Å². The van der Waals surface area contributed by atoms with E-state index >= 15 is 24.0 Å². The van der Waals surface area contributed by atoms with Crippen LogP contribution in [0.4, 0.5) is 0 Å². The number of primary amides is 2. The Morgan fingerprint density at radius 3 is 1.08 bits per heavy atom. The van der Waals surface area contributed by atoms with Crippen molar-refractivity contribution in [2.45, 2.75) is 246 Å². The van der Waals surface area contributed by atoms with Crippen LogP contribution in [0.15, 0.2) is 91.3 Å². The van der Waals surface area contributed by atoms with Gasteiger partial charge in [-0.1, -0.05) is 93.4 Å². The van der Waals surface area contributed by atoms with Gasteiger partial charge < -0.3 is 141 Å². The van der Waals surface area contributed by atoms with Gasteiger partial charge in [0.1, 0.15) is 72.5 Å². The van der Waals surface area contributed by atoms with Crippen LogP contribution >= 0.6 is 11.8 Å². The van der Waals surface area contributed by atoms with Gasteiger partial charge in [0.25, 0.3) is 0 Å². The van der Waals surface area contributed by atoms with Gasteiger partial charge >= 0.3 is 5.97 Å². The van der Waals surface area contributed by atoms with Gasteiger partial charge in [0.05, 0.1) is 12.5 Å². The summed E-state index contributed by atoms with van der Waals surface area (Å²) < 4.78 is 0. The van der Waals surface area contributed by atoms with E-state index in [9.17, 15) is 53.1 Å². The Morgan fingerprint density at radius 1 is 0.379 bits per heavy atom. The normalized spacial score (nSPS) is 14.4. The van der Waals surface area contributed by atoms with Crippen LogP contribution in [0.5, 0.6) is 0 Å². The van der Waals surface area contributed by atoms with Gasteiger partial charge in [-0.3, -0.25) is 77.9 Å². The molecule has 0 radical (unpaired) electrons. The molecule has 44 heteroatoms. The van der Waals surface area contributed by atoms with Crippen molar-refractivity contribution in [2.24, 2.45) is 51.8 Å². The number of nitrogens with two attached hydrogens (primary N) is 8. The van der Waals surface area contributed by atoms with Gasteiger partial charge in [0, 0.05) is 73.0 Å². The molecule has 0 aliphatic rings. The van der Waals surface area contributed by atoms with E-state index in [2.05, 4.69) is 89.7 Å². The molecule has 0 bridgehead atoms. The van der Waals surface area contributed by atoms with Gasteiger partial charge in [-0.15, -0.1) is 0 Å². The third-order valence-electron chi connectivity index (χ3n) is 22.3. The van der Waals surface area contributed by atoms with Crippen molar-refractivity contribution in [3.05, 3.63) is 108 Å². The predicted octanol–water partition coefficient (Wildman–Crippen LogP) is -2.85. The molecule has 0 aliphatic carbocycles. The summed E-state index contributed by atoms with van der Waals surface area (Å²) in [5.41, 5.74) is 48.9. The summed E-state index contributed by atoms with van der Waals surface area (Å²) in [6.45, 7) is 4.60. The van der Waals surface area contributed by atoms with Crippen molar-refractivity contribution < 1.29 is 77.0 Å². The zero-order chi connectivity index (χ0) is 97.2.